The van der Waals surface area contributed by atoms with E-state index in [1.165, 1.54) is 0 Å². The number of fused-ring (bicyclic) bond motifs is 2. The van der Waals surface area contributed by atoms with E-state index in [-0.39, 0.29) is 5.91 Å². The van der Waals surface area contributed by atoms with Crippen LogP contribution in [0, 0.1) is 6.92 Å². The molecular weight excluding hydrogens is 338 g/mol. The zero-order chi connectivity index (χ0) is 18.6. The molecule has 0 radical (unpaired) electrons. The van der Waals surface area contributed by atoms with Gasteiger partial charge >= 0.3 is 0 Å². The van der Waals surface area contributed by atoms with Crippen LogP contribution in [-0.2, 0) is 4.79 Å². The van der Waals surface area contributed by atoms with Crippen molar-refractivity contribution < 1.29 is 9.53 Å². The summed E-state index contributed by atoms with van der Waals surface area (Å²) >= 11 is 0. The molecule has 0 atom stereocenters. The van der Waals surface area contributed by atoms with Crippen molar-refractivity contribution in [2.24, 2.45) is 0 Å². The van der Waals surface area contributed by atoms with Gasteiger partial charge in [-0.15, -0.1) is 0 Å². The van der Waals surface area contributed by atoms with Gasteiger partial charge < -0.3 is 14.5 Å². The van der Waals surface area contributed by atoms with Crippen molar-refractivity contribution in [2.75, 3.05) is 11.9 Å². The highest BCUT2D eigenvalue weighted by Gasteiger charge is 2.06. The Hall–Kier alpha value is -3.34. The fourth-order valence-corrected chi connectivity index (χ4v) is 3.15. The summed E-state index contributed by atoms with van der Waals surface area (Å²) in [5, 5.41) is 5.17. The molecule has 136 valence electrons. The second-order valence-electron chi connectivity index (χ2n) is 6.54. The van der Waals surface area contributed by atoms with E-state index in [4.69, 9.17) is 4.74 Å². The number of benzene rings is 2. The molecule has 27 heavy (non-hydrogen) atoms. The first-order chi connectivity index (χ1) is 13.2. The van der Waals surface area contributed by atoms with Crippen molar-refractivity contribution in [3.8, 4) is 5.75 Å². The van der Waals surface area contributed by atoms with Crippen molar-refractivity contribution in [1.29, 1.82) is 0 Å². The Morgan fingerprint density at radius 3 is 2.85 bits per heavy atom. The van der Waals surface area contributed by atoms with Crippen LogP contribution in [0.3, 0.4) is 0 Å². The van der Waals surface area contributed by atoms with E-state index in [2.05, 4.69) is 22.4 Å². The first-order valence-corrected chi connectivity index (χ1v) is 9.05. The largest absolute Gasteiger partial charge is 0.493 e. The number of carbonyl (C=O) groups is 1. The summed E-state index contributed by atoms with van der Waals surface area (Å²) in [6, 6.07) is 17.9. The molecule has 0 aliphatic carbocycles. The first kappa shape index (κ1) is 17.1. The maximum absolute atomic E-state index is 12.2. The smallest absolute Gasteiger partial charge is 0.224 e. The summed E-state index contributed by atoms with van der Waals surface area (Å²) in [4.78, 5) is 16.6. The summed E-state index contributed by atoms with van der Waals surface area (Å²) in [6.07, 6.45) is 4.87. The quantitative estimate of drug-likeness (QED) is 0.512. The number of imidazole rings is 1. The number of amides is 1. The predicted octanol–water partition coefficient (Wildman–Crippen LogP) is 4.59. The summed E-state index contributed by atoms with van der Waals surface area (Å²) < 4.78 is 7.80. The Morgan fingerprint density at radius 1 is 1.07 bits per heavy atom. The minimum atomic E-state index is -0.0206. The number of nitrogens with one attached hydrogen (secondary N) is 1. The highest BCUT2D eigenvalue weighted by Crippen LogP contribution is 2.25. The zero-order valence-electron chi connectivity index (χ0n) is 15.2. The number of aryl methyl sites for hydroxylation is 1. The van der Waals surface area contributed by atoms with Gasteiger partial charge in [-0.1, -0.05) is 36.4 Å². The minimum absolute atomic E-state index is 0.0206. The molecule has 0 fully saturated rings. The monoisotopic (exact) mass is 359 g/mol. The SMILES string of the molecule is Cc1cn2cc(NC(=O)CCCOc3cccc4ccccc34)ccc2n1. The predicted molar refractivity (Wildman–Crippen MR) is 107 cm³/mol. The fraction of sp³-hybridized carbons (Fsp3) is 0.182. The minimum Gasteiger partial charge on any atom is -0.493 e. The number of pyridine rings is 1. The van der Waals surface area contributed by atoms with Crippen LogP contribution < -0.4 is 10.1 Å². The lowest BCUT2D eigenvalue weighted by Crippen LogP contribution is -2.13. The third-order valence-electron chi connectivity index (χ3n) is 4.41. The lowest BCUT2D eigenvalue weighted by Gasteiger charge is -2.09. The number of anilines is 1. The van der Waals surface area contributed by atoms with Crippen molar-refractivity contribution in [3.05, 3.63) is 72.7 Å². The second kappa shape index (κ2) is 7.50. The Kier molecular flexibility index (Phi) is 4.75. The molecular formula is C22H21N3O2. The molecule has 0 saturated carbocycles. The number of hydrogen-bond donors (Lipinski definition) is 1. The molecule has 0 bridgehead atoms. The maximum atomic E-state index is 12.2. The van der Waals surface area contributed by atoms with Crippen LogP contribution in [0.1, 0.15) is 18.5 Å². The summed E-state index contributed by atoms with van der Waals surface area (Å²) in [5.74, 6) is 0.835. The molecule has 1 N–H and O–H groups in total. The average Bonchev–Trinajstić information content (AvgIpc) is 3.04. The first-order valence-electron chi connectivity index (χ1n) is 9.05. The molecule has 0 saturated heterocycles. The highest BCUT2D eigenvalue weighted by atomic mass is 16.5. The van der Waals surface area contributed by atoms with Crippen LogP contribution in [0.5, 0.6) is 5.75 Å². The summed E-state index contributed by atoms with van der Waals surface area (Å²) in [7, 11) is 0. The van der Waals surface area contributed by atoms with Gasteiger partial charge in [0.05, 0.1) is 18.0 Å². The van der Waals surface area contributed by atoms with Gasteiger partial charge in [0.15, 0.2) is 0 Å². The lowest BCUT2D eigenvalue weighted by atomic mass is 10.1. The average molecular weight is 359 g/mol. The normalized spacial score (nSPS) is 11.0. The zero-order valence-corrected chi connectivity index (χ0v) is 15.2. The number of nitrogens with zero attached hydrogens (tertiary/aromatic N) is 2. The van der Waals surface area contributed by atoms with E-state index in [1.807, 2.05) is 66.2 Å². The molecule has 5 heteroatoms. The van der Waals surface area contributed by atoms with Gasteiger partial charge in [-0.25, -0.2) is 4.98 Å². The van der Waals surface area contributed by atoms with Gasteiger partial charge in [-0.3, -0.25) is 4.79 Å². The van der Waals surface area contributed by atoms with Crippen molar-refractivity contribution in [3.63, 3.8) is 0 Å². The van der Waals surface area contributed by atoms with Crippen LogP contribution in [0.2, 0.25) is 0 Å². The van der Waals surface area contributed by atoms with Gasteiger partial charge in [-0.05, 0) is 36.9 Å². The molecule has 0 aliphatic rings. The van der Waals surface area contributed by atoms with Crippen LogP contribution in [0.4, 0.5) is 5.69 Å². The molecule has 2 heterocycles. The maximum Gasteiger partial charge on any atom is 0.224 e. The molecule has 0 unspecified atom stereocenters. The molecule has 4 aromatic rings. The Morgan fingerprint density at radius 2 is 1.93 bits per heavy atom. The molecule has 2 aromatic carbocycles. The number of hydrogen-bond acceptors (Lipinski definition) is 3. The summed E-state index contributed by atoms with van der Waals surface area (Å²) in [6.45, 7) is 2.45. The number of carbonyl (C=O) groups excluding carboxylic acids is 1. The van der Waals surface area contributed by atoms with Crippen molar-refractivity contribution in [2.45, 2.75) is 19.8 Å². The van der Waals surface area contributed by atoms with Gasteiger partial charge in [0, 0.05) is 24.2 Å². The molecule has 1 amide bonds. The van der Waals surface area contributed by atoms with E-state index < -0.39 is 0 Å². The standard InChI is InChI=1S/C22H21N3O2/c1-16-14-25-15-18(11-12-21(25)23-16)24-22(26)10-5-13-27-20-9-4-7-17-6-2-3-8-19(17)20/h2-4,6-9,11-12,14-15H,5,10,13H2,1H3,(H,24,26). The lowest BCUT2D eigenvalue weighted by molar-refractivity contribution is -0.116. The molecule has 2 aromatic heterocycles. The van der Waals surface area contributed by atoms with Crippen LogP contribution >= 0.6 is 0 Å². The summed E-state index contributed by atoms with van der Waals surface area (Å²) in [5.41, 5.74) is 2.58. The van der Waals surface area contributed by atoms with Crippen molar-refractivity contribution >= 4 is 28.0 Å². The van der Waals surface area contributed by atoms with E-state index in [0.29, 0.717) is 19.4 Å². The van der Waals surface area contributed by atoms with E-state index in [0.717, 1.165) is 33.6 Å². The van der Waals surface area contributed by atoms with Crippen LogP contribution in [0.15, 0.2) is 67.0 Å². The van der Waals surface area contributed by atoms with Crippen LogP contribution in [0.25, 0.3) is 16.4 Å². The van der Waals surface area contributed by atoms with E-state index >= 15 is 0 Å². The van der Waals surface area contributed by atoms with Crippen molar-refractivity contribution in [1.82, 2.24) is 9.38 Å². The third-order valence-corrected chi connectivity index (χ3v) is 4.41. The molecule has 0 spiro atoms. The van der Waals surface area contributed by atoms with Gasteiger partial charge in [0.25, 0.3) is 0 Å². The second-order valence-corrected chi connectivity index (χ2v) is 6.54. The Balaban J connectivity index is 1.30. The third kappa shape index (κ3) is 3.92. The molecule has 4 rings (SSSR count). The number of rotatable bonds is 6. The number of aromatic nitrogens is 2. The Labute approximate surface area is 157 Å². The Bertz CT molecular complexity index is 1100. The topological polar surface area (TPSA) is 55.6 Å². The molecule has 5 nitrogen and oxygen atoms in total. The molecule has 0 aliphatic heterocycles. The highest BCUT2D eigenvalue weighted by molar-refractivity contribution is 5.90. The fourth-order valence-electron chi connectivity index (χ4n) is 3.15. The van der Waals surface area contributed by atoms with Gasteiger partial charge in [-0.2, -0.15) is 0 Å². The van der Waals surface area contributed by atoms with Gasteiger partial charge in [0.2, 0.25) is 5.91 Å². The van der Waals surface area contributed by atoms with Gasteiger partial charge in [0.1, 0.15) is 11.4 Å². The number of ether oxygens (including phenoxy) is 1. The van der Waals surface area contributed by atoms with E-state index in [9.17, 15) is 4.79 Å². The van der Waals surface area contributed by atoms with E-state index in [1.54, 1.807) is 0 Å². The van der Waals surface area contributed by atoms with Crippen LogP contribution in [-0.4, -0.2) is 21.9 Å².